The summed E-state index contributed by atoms with van der Waals surface area (Å²) in [6, 6.07) is 8.30. The third kappa shape index (κ3) is 3.00. The van der Waals surface area contributed by atoms with Gasteiger partial charge in [-0.2, -0.15) is 0 Å². The van der Waals surface area contributed by atoms with Crippen molar-refractivity contribution in [3.05, 3.63) is 64.6 Å². The highest BCUT2D eigenvalue weighted by molar-refractivity contribution is 5.89. The van der Waals surface area contributed by atoms with Gasteiger partial charge in [-0.25, -0.2) is 4.79 Å². The Hall–Kier alpha value is -2.62. The monoisotopic (exact) mass is 348 g/mol. The first kappa shape index (κ1) is 16.8. The molecular weight excluding hydrogens is 324 g/mol. The molecule has 0 unspecified atom stereocenters. The number of pyridine rings is 1. The van der Waals surface area contributed by atoms with E-state index in [1.165, 1.54) is 16.5 Å². The van der Waals surface area contributed by atoms with Crippen LogP contribution in [-0.2, 0) is 13.5 Å². The number of aromatic carboxylic acids is 1. The van der Waals surface area contributed by atoms with Crippen molar-refractivity contribution < 1.29 is 9.90 Å². The van der Waals surface area contributed by atoms with Crippen LogP contribution in [0.15, 0.2) is 36.7 Å². The van der Waals surface area contributed by atoms with Gasteiger partial charge in [0.2, 0.25) is 0 Å². The van der Waals surface area contributed by atoms with Crippen LogP contribution in [0.2, 0.25) is 0 Å². The second kappa shape index (κ2) is 6.27. The molecular formula is C22H24N2O2. The number of carboxylic acids is 1. The Bertz CT molecular complexity index is 997. The molecule has 0 amide bonds. The van der Waals surface area contributed by atoms with Crippen molar-refractivity contribution in [2.75, 3.05) is 0 Å². The van der Waals surface area contributed by atoms with E-state index in [2.05, 4.69) is 54.8 Å². The third-order valence-corrected chi connectivity index (χ3v) is 5.32. The summed E-state index contributed by atoms with van der Waals surface area (Å²) in [4.78, 5) is 16.3. The molecule has 4 nitrogen and oxygen atoms in total. The minimum atomic E-state index is -0.889. The van der Waals surface area contributed by atoms with Crippen LogP contribution in [0.4, 0.5) is 0 Å². The highest BCUT2D eigenvalue weighted by atomic mass is 16.4. The van der Waals surface area contributed by atoms with Gasteiger partial charge in [-0.15, -0.1) is 0 Å². The van der Waals surface area contributed by atoms with Crippen LogP contribution in [0.1, 0.15) is 71.3 Å². The summed E-state index contributed by atoms with van der Waals surface area (Å²) < 4.78 is 2.15. The van der Waals surface area contributed by atoms with Crippen LogP contribution in [0, 0.1) is 0 Å². The molecule has 0 radical (unpaired) electrons. The number of rotatable bonds is 5. The van der Waals surface area contributed by atoms with Crippen molar-refractivity contribution in [3.63, 3.8) is 0 Å². The van der Waals surface area contributed by atoms with E-state index in [1.54, 1.807) is 0 Å². The standard InChI is InChI=1S/C22H24N2O2/c1-13(2)18-9-14(8-16-6-7-24(3)21(16)18)10-20-19(22(25)26)11-17(12-23-20)15-4-5-15/h6-9,11-13,15H,4-5,10H2,1-3H3,(H,25,26). The maximum atomic E-state index is 11.8. The molecule has 26 heavy (non-hydrogen) atoms. The molecule has 1 aromatic carbocycles. The zero-order valence-corrected chi connectivity index (χ0v) is 15.5. The summed E-state index contributed by atoms with van der Waals surface area (Å²) in [5, 5.41) is 10.8. The number of hydrogen-bond acceptors (Lipinski definition) is 2. The molecule has 1 fully saturated rings. The average Bonchev–Trinajstić information content (AvgIpc) is 3.38. The van der Waals surface area contributed by atoms with Crippen LogP contribution in [0.25, 0.3) is 10.9 Å². The molecule has 4 heteroatoms. The largest absolute Gasteiger partial charge is 0.478 e. The fourth-order valence-corrected chi connectivity index (χ4v) is 3.76. The Morgan fingerprint density at radius 2 is 2.08 bits per heavy atom. The van der Waals surface area contributed by atoms with Gasteiger partial charge in [-0.1, -0.05) is 19.9 Å². The molecule has 0 spiro atoms. The van der Waals surface area contributed by atoms with Gasteiger partial charge < -0.3 is 9.67 Å². The predicted molar refractivity (Wildman–Crippen MR) is 103 cm³/mol. The zero-order chi connectivity index (χ0) is 18.4. The lowest BCUT2D eigenvalue weighted by molar-refractivity contribution is 0.0695. The number of carbonyl (C=O) groups is 1. The highest BCUT2D eigenvalue weighted by Gasteiger charge is 2.26. The number of fused-ring (bicyclic) bond motifs is 1. The summed E-state index contributed by atoms with van der Waals surface area (Å²) in [6.45, 7) is 4.38. The van der Waals surface area contributed by atoms with E-state index in [0.717, 1.165) is 24.0 Å². The molecule has 0 atom stereocenters. The molecule has 0 aliphatic heterocycles. The number of nitrogens with zero attached hydrogens (tertiary/aromatic N) is 2. The smallest absolute Gasteiger partial charge is 0.337 e. The van der Waals surface area contributed by atoms with E-state index >= 15 is 0 Å². The quantitative estimate of drug-likeness (QED) is 0.716. The van der Waals surface area contributed by atoms with Crippen molar-refractivity contribution >= 4 is 16.9 Å². The lowest BCUT2D eigenvalue weighted by Crippen LogP contribution is -2.07. The van der Waals surface area contributed by atoms with Gasteiger partial charge in [0.1, 0.15) is 0 Å². The van der Waals surface area contributed by atoms with E-state index in [9.17, 15) is 9.90 Å². The summed E-state index contributed by atoms with van der Waals surface area (Å²) in [6.07, 6.45) is 6.76. The maximum absolute atomic E-state index is 11.8. The zero-order valence-electron chi connectivity index (χ0n) is 15.5. The molecule has 0 saturated heterocycles. The molecule has 1 saturated carbocycles. The van der Waals surface area contributed by atoms with E-state index in [4.69, 9.17) is 0 Å². The number of aryl methyl sites for hydroxylation is 1. The van der Waals surface area contributed by atoms with Crippen LogP contribution in [-0.4, -0.2) is 20.6 Å². The number of carboxylic acid groups (broad SMARTS) is 1. The molecule has 2 aromatic heterocycles. The first-order chi connectivity index (χ1) is 12.4. The second-order valence-electron chi connectivity index (χ2n) is 7.72. The Labute approximate surface area is 153 Å². The van der Waals surface area contributed by atoms with Gasteiger partial charge in [0.05, 0.1) is 16.8 Å². The van der Waals surface area contributed by atoms with Crippen molar-refractivity contribution in [1.82, 2.24) is 9.55 Å². The van der Waals surface area contributed by atoms with Crippen LogP contribution in [0.3, 0.4) is 0 Å². The minimum absolute atomic E-state index is 0.341. The highest BCUT2D eigenvalue weighted by Crippen LogP contribution is 2.40. The normalized spacial score (nSPS) is 14.3. The second-order valence-corrected chi connectivity index (χ2v) is 7.72. The molecule has 1 aliphatic carbocycles. The van der Waals surface area contributed by atoms with E-state index in [1.807, 2.05) is 12.3 Å². The fourth-order valence-electron chi connectivity index (χ4n) is 3.76. The van der Waals surface area contributed by atoms with Gasteiger partial charge in [-0.05, 0) is 59.6 Å². The Morgan fingerprint density at radius 3 is 2.73 bits per heavy atom. The Balaban J connectivity index is 1.76. The van der Waals surface area contributed by atoms with Gasteiger partial charge in [0.15, 0.2) is 0 Å². The Morgan fingerprint density at radius 1 is 1.31 bits per heavy atom. The van der Waals surface area contributed by atoms with Gasteiger partial charge in [0, 0.05) is 31.2 Å². The Kier molecular flexibility index (Phi) is 4.06. The first-order valence-corrected chi connectivity index (χ1v) is 9.24. The van der Waals surface area contributed by atoms with Crippen LogP contribution >= 0.6 is 0 Å². The van der Waals surface area contributed by atoms with E-state index in [-0.39, 0.29) is 0 Å². The summed E-state index contributed by atoms with van der Waals surface area (Å²) in [7, 11) is 2.06. The van der Waals surface area contributed by atoms with Crippen molar-refractivity contribution in [2.45, 2.75) is 44.9 Å². The topological polar surface area (TPSA) is 55.1 Å². The summed E-state index contributed by atoms with van der Waals surface area (Å²) in [5.74, 6) is 0.0120. The van der Waals surface area contributed by atoms with Crippen LogP contribution in [0.5, 0.6) is 0 Å². The predicted octanol–water partition coefficient (Wildman–Crippen LogP) is 4.86. The molecule has 1 aliphatic rings. The van der Waals surface area contributed by atoms with Crippen LogP contribution < -0.4 is 0 Å². The molecule has 3 aromatic rings. The van der Waals surface area contributed by atoms with Crippen molar-refractivity contribution in [3.8, 4) is 0 Å². The molecule has 1 N–H and O–H groups in total. The lowest BCUT2D eigenvalue weighted by Gasteiger charge is -2.14. The average molecular weight is 348 g/mol. The minimum Gasteiger partial charge on any atom is -0.478 e. The van der Waals surface area contributed by atoms with Gasteiger partial charge in [0.25, 0.3) is 0 Å². The number of hydrogen-bond donors (Lipinski definition) is 1. The SMILES string of the molecule is CC(C)c1cc(Cc2ncc(C3CC3)cc2C(=O)O)cc2ccn(C)c12. The summed E-state index contributed by atoms with van der Waals surface area (Å²) >= 11 is 0. The molecule has 4 rings (SSSR count). The molecule has 134 valence electrons. The lowest BCUT2D eigenvalue weighted by atomic mass is 9.94. The molecule has 2 heterocycles. The van der Waals surface area contributed by atoms with Gasteiger partial charge in [-0.3, -0.25) is 4.98 Å². The van der Waals surface area contributed by atoms with E-state index < -0.39 is 5.97 Å². The number of aromatic nitrogens is 2. The third-order valence-electron chi connectivity index (χ3n) is 5.32. The summed E-state index contributed by atoms with van der Waals surface area (Å²) in [5.41, 5.74) is 5.70. The fraction of sp³-hybridized carbons (Fsp3) is 0.364. The maximum Gasteiger partial charge on any atom is 0.337 e. The van der Waals surface area contributed by atoms with E-state index in [0.29, 0.717) is 29.5 Å². The first-order valence-electron chi connectivity index (χ1n) is 9.24. The van der Waals surface area contributed by atoms with Crippen molar-refractivity contribution in [2.24, 2.45) is 7.05 Å². The number of benzene rings is 1. The van der Waals surface area contributed by atoms with Crippen molar-refractivity contribution in [1.29, 1.82) is 0 Å². The van der Waals surface area contributed by atoms with Gasteiger partial charge >= 0.3 is 5.97 Å². The molecule has 0 bridgehead atoms.